The number of rotatable bonds is 0. The van der Waals surface area contributed by atoms with E-state index in [1.807, 2.05) is 6.92 Å². The van der Waals surface area contributed by atoms with Gasteiger partial charge in [-0.05, 0) is 6.92 Å². The molecule has 0 saturated heterocycles. The molecule has 0 aromatic heterocycles. The average molecular weight is 202 g/mol. The summed E-state index contributed by atoms with van der Waals surface area (Å²) in [5, 5.41) is 0. The second-order valence-electron chi connectivity index (χ2n) is 0.408. The number of allylic oxidation sites excluding steroid dienone is 1. The molecule has 0 aromatic rings. The van der Waals surface area contributed by atoms with E-state index in [0.29, 0.717) is 0 Å². The van der Waals surface area contributed by atoms with Crippen LogP contribution in [0.3, 0.4) is 0 Å². The van der Waals surface area contributed by atoms with Crippen molar-refractivity contribution in [1.29, 1.82) is 0 Å². The minimum Gasteiger partial charge on any atom is -1.00 e. The third-order valence-corrected chi connectivity index (χ3v) is 0. The van der Waals surface area contributed by atoms with E-state index in [2.05, 4.69) is 32.9 Å². The Balaban J connectivity index is -0.00000000218. The number of hydrogen-bond donors (Lipinski definition) is 0. The Morgan fingerprint density at radius 2 is 1.00 bits per heavy atom. The molecule has 0 saturated carbocycles. The van der Waals surface area contributed by atoms with E-state index < -0.39 is 0 Å². The van der Waals surface area contributed by atoms with E-state index >= 15 is 0 Å². The molecule has 0 nitrogen and oxygen atoms in total. The molecule has 0 aliphatic carbocycles. The Hall–Kier alpha value is 3.49. The summed E-state index contributed by atoms with van der Waals surface area (Å²) >= 11 is 0. The molecule has 0 heterocycles. The van der Waals surface area contributed by atoms with E-state index in [4.69, 9.17) is 0 Å². The topological polar surface area (TPSA) is 0 Å². The van der Waals surface area contributed by atoms with Crippen molar-refractivity contribution in [2.75, 3.05) is 0 Å². The van der Waals surface area contributed by atoms with Crippen LogP contribution in [0.15, 0.2) is 39.0 Å². The fourth-order valence-electron chi connectivity index (χ4n) is 0. The van der Waals surface area contributed by atoms with Crippen molar-refractivity contribution in [2.45, 2.75) is 6.92 Å². The van der Waals surface area contributed by atoms with E-state index in [1.165, 1.54) is 0 Å². The third-order valence-electron chi connectivity index (χ3n) is 0. The molecule has 0 bridgehead atoms. The van der Waals surface area contributed by atoms with Gasteiger partial charge in [-0.15, -0.1) is 32.9 Å². The molecule has 3 heteroatoms. The van der Waals surface area contributed by atoms with Gasteiger partial charge in [-0.3, -0.25) is 0 Å². The summed E-state index contributed by atoms with van der Waals surface area (Å²) < 4.78 is 0. The first kappa shape index (κ1) is 37.5. The van der Waals surface area contributed by atoms with E-state index in [-0.39, 0.29) is 137 Å². The molecule has 0 aliphatic heterocycles. The van der Waals surface area contributed by atoms with Crippen molar-refractivity contribution in [3.05, 3.63) is 39.0 Å². The van der Waals surface area contributed by atoms with Gasteiger partial charge in [0, 0.05) is 0 Å². The summed E-state index contributed by atoms with van der Waals surface area (Å²) in [4.78, 5) is 0. The van der Waals surface area contributed by atoms with Crippen molar-refractivity contribution in [3.63, 3.8) is 0 Å². The first-order valence-electron chi connectivity index (χ1n) is 1.99. The Kier molecular flexibility index (Phi) is 307. The largest absolute Gasteiger partial charge is 1.00 e. The maximum Gasteiger partial charge on any atom is 1.00 e. The van der Waals surface area contributed by atoms with Crippen LogP contribution in [0, 0.1) is 0 Å². The number of hydrogen-bond acceptors (Lipinski definition) is 0. The summed E-state index contributed by atoms with van der Waals surface area (Å²) in [5.41, 5.74) is 0. The molecule has 0 spiro atoms. The maximum atomic E-state index is 3.36. The molecule has 0 fully saturated rings. The smallest absolute Gasteiger partial charge is 1.00 e. The SMILES string of the molecule is C=C.C=C.C=CC.[H-].[H-].[H-].[K+].[K+].[Na+]. The Morgan fingerprint density at radius 1 is 1.00 bits per heavy atom. The minimum absolute atomic E-state index is 0. The van der Waals surface area contributed by atoms with E-state index in [1.54, 1.807) is 6.08 Å². The molecule has 0 unspecified atom stereocenters. The zero-order chi connectivity index (χ0) is 6.71. The first-order chi connectivity index (χ1) is 3.41. The van der Waals surface area contributed by atoms with Gasteiger partial charge < -0.3 is 4.28 Å². The molecular weight excluding hydrogens is 185 g/mol. The summed E-state index contributed by atoms with van der Waals surface area (Å²) in [7, 11) is 0. The van der Waals surface area contributed by atoms with Crippen molar-refractivity contribution in [3.8, 4) is 0 Å². The quantitative estimate of drug-likeness (QED) is 0.271. The summed E-state index contributed by atoms with van der Waals surface area (Å²) in [5.74, 6) is 0. The van der Waals surface area contributed by atoms with Crippen LogP contribution in [-0.4, -0.2) is 0 Å². The van der Waals surface area contributed by atoms with Gasteiger partial charge in [-0.2, -0.15) is 0 Å². The molecule has 10 heavy (non-hydrogen) atoms. The zero-order valence-corrected chi connectivity index (χ0v) is 16.4. The van der Waals surface area contributed by atoms with Gasteiger partial charge in [-0.1, -0.05) is 6.08 Å². The second kappa shape index (κ2) is 81.7. The average Bonchev–Trinajstić information content (AvgIpc) is 1.78. The van der Waals surface area contributed by atoms with Crippen LogP contribution in [0.1, 0.15) is 11.2 Å². The predicted molar refractivity (Wildman–Crippen MR) is 41.7 cm³/mol. The molecule has 0 radical (unpaired) electrons. The monoisotopic (exact) mass is 202 g/mol. The van der Waals surface area contributed by atoms with E-state index in [0.717, 1.165) is 0 Å². The minimum atomic E-state index is 0. The van der Waals surface area contributed by atoms with Crippen LogP contribution in [0.5, 0.6) is 0 Å². The van der Waals surface area contributed by atoms with E-state index in [9.17, 15) is 0 Å². The van der Waals surface area contributed by atoms with Gasteiger partial charge in [0.05, 0.1) is 0 Å². The van der Waals surface area contributed by atoms with Crippen LogP contribution in [0.4, 0.5) is 0 Å². The summed E-state index contributed by atoms with van der Waals surface area (Å²) in [6, 6.07) is 0. The van der Waals surface area contributed by atoms with Crippen LogP contribution in [-0.2, 0) is 0 Å². The van der Waals surface area contributed by atoms with Crippen molar-refractivity contribution in [2.24, 2.45) is 0 Å². The second-order valence-corrected chi connectivity index (χ2v) is 0.408. The van der Waals surface area contributed by atoms with Crippen LogP contribution < -0.4 is 132 Å². The summed E-state index contributed by atoms with van der Waals surface area (Å²) in [6.07, 6.45) is 1.75. The molecule has 0 rings (SSSR count). The van der Waals surface area contributed by atoms with Gasteiger partial charge in [0.1, 0.15) is 0 Å². The predicted octanol–water partition coefficient (Wildman–Crippen LogP) is -5.85. The molecule has 0 aromatic carbocycles. The van der Waals surface area contributed by atoms with Crippen molar-refractivity contribution in [1.82, 2.24) is 0 Å². The van der Waals surface area contributed by atoms with Gasteiger partial charge in [0.2, 0.25) is 0 Å². The fourth-order valence-corrected chi connectivity index (χ4v) is 0. The van der Waals surface area contributed by atoms with Crippen molar-refractivity contribution >= 4 is 0 Å². The van der Waals surface area contributed by atoms with Crippen molar-refractivity contribution < 1.29 is 137 Å². The standard InChI is InChI=1S/C3H6.2C2H4.2K.Na.3H/c1-3-2;2*1-2;;;;;;/h3H,1H2,2H3;2*1-2H2;;;;;;/q;;;3*+1;3*-1. The molecular formula is C7H17K2Na. The van der Waals surface area contributed by atoms with Crippen LogP contribution >= 0.6 is 0 Å². The van der Waals surface area contributed by atoms with Gasteiger partial charge >= 0.3 is 132 Å². The normalized spacial score (nSPS) is 2.10. The molecule has 48 valence electrons. The maximum absolute atomic E-state index is 3.36. The van der Waals surface area contributed by atoms with Gasteiger partial charge in [0.15, 0.2) is 0 Å². The summed E-state index contributed by atoms with van der Waals surface area (Å²) in [6.45, 7) is 17.2. The van der Waals surface area contributed by atoms with Crippen LogP contribution in [0.25, 0.3) is 0 Å². The Bertz CT molecular complexity index is 40.9. The first-order valence-corrected chi connectivity index (χ1v) is 1.99. The Labute approximate surface area is 178 Å². The molecule has 0 amide bonds. The Morgan fingerprint density at radius 3 is 1.00 bits per heavy atom. The van der Waals surface area contributed by atoms with Gasteiger partial charge in [0.25, 0.3) is 0 Å². The molecule has 0 atom stereocenters. The van der Waals surface area contributed by atoms with Gasteiger partial charge in [-0.25, -0.2) is 0 Å². The molecule has 0 aliphatic rings. The van der Waals surface area contributed by atoms with Crippen LogP contribution in [0.2, 0.25) is 0 Å². The molecule has 0 N–H and O–H groups in total. The third kappa shape index (κ3) is 104. The fraction of sp³-hybridized carbons (Fsp3) is 0.143. The zero-order valence-electron chi connectivity index (χ0n) is 11.1.